The van der Waals surface area contributed by atoms with Gasteiger partial charge in [0.25, 0.3) is 0 Å². The van der Waals surface area contributed by atoms with Crippen molar-refractivity contribution in [2.75, 3.05) is 5.75 Å². The van der Waals surface area contributed by atoms with Gasteiger partial charge < -0.3 is 5.32 Å². The summed E-state index contributed by atoms with van der Waals surface area (Å²) in [6, 6.07) is 0.754. The molecule has 1 saturated carbocycles. The van der Waals surface area contributed by atoms with E-state index in [1.807, 2.05) is 0 Å². The first kappa shape index (κ1) is 10.8. The van der Waals surface area contributed by atoms with E-state index in [-0.39, 0.29) is 0 Å². The molecule has 1 N–H and O–H groups in total. The highest BCUT2D eigenvalue weighted by Crippen LogP contribution is 2.31. The second kappa shape index (κ2) is 5.41. The standard InChI is InChI=1S/C12H23NS/c1-10-7-8-14-12(13-10)9-11-5-3-2-4-6-11/h10-13H,2-9H2,1H3. The average molecular weight is 213 g/mol. The Hall–Kier alpha value is 0.310. The molecule has 0 spiro atoms. The zero-order valence-electron chi connectivity index (χ0n) is 9.30. The van der Waals surface area contributed by atoms with Crippen LogP contribution in [0.25, 0.3) is 0 Å². The van der Waals surface area contributed by atoms with Crippen LogP contribution in [0.5, 0.6) is 0 Å². The summed E-state index contributed by atoms with van der Waals surface area (Å²) >= 11 is 2.15. The maximum atomic E-state index is 3.73. The molecule has 0 aromatic rings. The molecule has 2 rings (SSSR count). The van der Waals surface area contributed by atoms with Gasteiger partial charge in [-0.15, -0.1) is 11.8 Å². The van der Waals surface area contributed by atoms with E-state index < -0.39 is 0 Å². The Bertz CT molecular complexity index is 166. The van der Waals surface area contributed by atoms with Crippen molar-refractivity contribution in [1.82, 2.24) is 5.32 Å². The molecule has 0 amide bonds. The largest absolute Gasteiger partial charge is 0.303 e. The van der Waals surface area contributed by atoms with Crippen molar-refractivity contribution < 1.29 is 0 Å². The fourth-order valence-corrected chi connectivity index (χ4v) is 4.21. The maximum absolute atomic E-state index is 3.73. The van der Waals surface area contributed by atoms with Crippen molar-refractivity contribution in [3.63, 3.8) is 0 Å². The normalized spacial score (nSPS) is 35.8. The summed E-state index contributed by atoms with van der Waals surface area (Å²) in [5, 5.41) is 4.49. The van der Waals surface area contributed by atoms with Gasteiger partial charge in [0, 0.05) is 6.04 Å². The van der Waals surface area contributed by atoms with Gasteiger partial charge in [0.05, 0.1) is 5.37 Å². The first-order chi connectivity index (χ1) is 6.84. The predicted molar refractivity (Wildman–Crippen MR) is 64.7 cm³/mol. The van der Waals surface area contributed by atoms with Gasteiger partial charge in [-0.3, -0.25) is 0 Å². The van der Waals surface area contributed by atoms with E-state index in [9.17, 15) is 0 Å². The molecule has 2 fully saturated rings. The van der Waals surface area contributed by atoms with Crippen molar-refractivity contribution in [2.45, 2.75) is 63.3 Å². The topological polar surface area (TPSA) is 12.0 Å². The molecule has 1 aliphatic heterocycles. The summed E-state index contributed by atoms with van der Waals surface area (Å²) in [7, 11) is 0. The van der Waals surface area contributed by atoms with E-state index in [0.29, 0.717) is 0 Å². The van der Waals surface area contributed by atoms with Gasteiger partial charge in [0.1, 0.15) is 0 Å². The molecular weight excluding hydrogens is 190 g/mol. The zero-order valence-corrected chi connectivity index (χ0v) is 10.1. The lowest BCUT2D eigenvalue weighted by Gasteiger charge is -2.32. The second-order valence-corrected chi connectivity index (χ2v) is 6.27. The molecule has 1 saturated heterocycles. The Morgan fingerprint density at radius 1 is 1.14 bits per heavy atom. The highest BCUT2D eigenvalue weighted by molar-refractivity contribution is 7.99. The Balaban J connectivity index is 1.72. The number of rotatable bonds is 2. The lowest BCUT2D eigenvalue weighted by atomic mass is 9.87. The quantitative estimate of drug-likeness (QED) is 0.754. The molecule has 0 bridgehead atoms. The minimum atomic E-state index is 0.754. The Morgan fingerprint density at radius 3 is 2.64 bits per heavy atom. The number of thioether (sulfide) groups is 1. The third-order valence-electron chi connectivity index (χ3n) is 3.61. The van der Waals surface area contributed by atoms with E-state index in [2.05, 4.69) is 24.0 Å². The molecule has 0 aromatic carbocycles. The summed E-state index contributed by atoms with van der Waals surface area (Å²) in [5.41, 5.74) is 0. The average Bonchev–Trinajstić information content (AvgIpc) is 2.19. The first-order valence-corrected chi connectivity index (χ1v) is 7.27. The molecule has 1 nitrogen and oxygen atoms in total. The van der Waals surface area contributed by atoms with Gasteiger partial charge in [-0.25, -0.2) is 0 Å². The van der Waals surface area contributed by atoms with Crippen molar-refractivity contribution in [3.8, 4) is 0 Å². The fraction of sp³-hybridized carbons (Fsp3) is 1.00. The minimum absolute atomic E-state index is 0.754. The van der Waals surface area contributed by atoms with E-state index in [4.69, 9.17) is 0 Å². The van der Waals surface area contributed by atoms with Gasteiger partial charge in [-0.1, -0.05) is 32.1 Å². The van der Waals surface area contributed by atoms with Gasteiger partial charge >= 0.3 is 0 Å². The Kier molecular flexibility index (Phi) is 4.18. The number of hydrogen-bond acceptors (Lipinski definition) is 2. The van der Waals surface area contributed by atoms with Crippen LogP contribution in [-0.4, -0.2) is 17.2 Å². The van der Waals surface area contributed by atoms with Gasteiger partial charge in [0.15, 0.2) is 0 Å². The van der Waals surface area contributed by atoms with Crippen LogP contribution < -0.4 is 5.32 Å². The molecule has 0 aromatic heterocycles. The van der Waals surface area contributed by atoms with E-state index in [0.717, 1.165) is 17.3 Å². The van der Waals surface area contributed by atoms with Gasteiger partial charge in [-0.2, -0.15) is 0 Å². The van der Waals surface area contributed by atoms with Crippen LogP contribution in [0.4, 0.5) is 0 Å². The van der Waals surface area contributed by atoms with Crippen molar-refractivity contribution >= 4 is 11.8 Å². The van der Waals surface area contributed by atoms with E-state index in [1.165, 1.54) is 50.7 Å². The van der Waals surface area contributed by atoms with Crippen LogP contribution in [0.15, 0.2) is 0 Å². The van der Waals surface area contributed by atoms with E-state index in [1.54, 1.807) is 0 Å². The SMILES string of the molecule is CC1CCSC(CC2CCCCC2)N1. The van der Waals surface area contributed by atoms with Crippen molar-refractivity contribution in [1.29, 1.82) is 0 Å². The molecular formula is C12H23NS. The smallest absolute Gasteiger partial charge is 0.0536 e. The molecule has 2 unspecified atom stereocenters. The van der Waals surface area contributed by atoms with E-state index >= 15 is 0 Å². The number of hydrogen-bond donors (Lipinski definition) is 1. The third-order valence-corrected chi connectivity index (χ3v) is 4.81. The Morgan fingerprint density at radius 2 is 1.93 bits per heavy atom. The molecule has 14 heavy (non-hydrogen) atoms. The van der Waals surface area contributed by atoms with Crippen LogP contribution in [0.3, 0.4) is 0 Å². The monoisotopic (exact) mass is 213 g/mol. The minimum Gasteiger partial charge on any atom is -0.303 e. The number of nitrogens with one attached hydrogen (secondary N) is 1. The van der Waals surface area contributed by atoms with Crippen LogP contribution in [0.2, 0.25) is 0 Å². The summed E-state index contributed by atoms with van der Waals surface area (Å²) < 4.78 is 0. The van der Waals surface area contributed by atoms with Crippen molar-refractivity contribution in [2.24, 2.45) is 5.92 Å². The summed E-state index contributed by atoms with van der Waals surface area (Å²) in [6.45, 7) is 2.33. The lowest BCUT2D eigenvalue weighted by Crippen LogP contribution is -2.40. The summed E-state index contributed by atoms with van der Waals surface area (Å²) in [5.74, 6) is 2.39. The highest BCUT2D eigenvalue weighted by Gasteiger charge is 2.22. The molecule has 1 aliphatic carbocycles. The second-order valence-electron chi connectivity index (χ2n) is 4.96. The first-order valence-electron chi connectivity index (χ1n) is 6.22. The molecule has 82 valence electrons. The van der Waals surface area contributed by atoms with Gasteiger partial charge in [0.2, 0.25) is 0 Å². The maximum Gasteiger partial charge on any atom is 0.0536 e. The van der Waals surface area contributed by atoms with Crippen LogP contribution in [-0.2, 0) is 0 Å². The molecule has 0 radical (unpaired) electrons. The predicted octanol–water partition coefficient (Wildman–Crippen LogP) is 3.40. The molecule has 2 atom stereocenters. The third kappa shape index (κ3) is 3.16. The lowest BCUT2D eigenvalue weighted by molar-refractivity contribution is 0.316. The molecule has 1 heterocycles. The van der Waals surface area contributed by atoms with Crippen LogP contribution in [0.1, 0.15) is 51.9 Å². The summed E-state index contributed by atoms with van der Waals surface area (Å²) in [4.78, 5) is 0. The van der Waals surface area contributed by atoms with Crippen LogP contribution in [0, 0.1) is 5.92 Å². The highest BCUT2D eigenvalue weighted by atomic mass is 32.2. The van der Waals surface area contributed by atoms with Crippen molar-refractivity contribution in [3.05, 3.63) is 0 Å². The van der Waals surface area contributed by atoms with Crippen LogP contribution >= 0.6 is 11.8 Å². The zero-order chi connectivity index (χ0) is 9.80. The summed E-state index contributed by atoms with van der Waals surface area (Å²) in [6.07, 6.45) is 10.2. The molecule has 2 heteroatoms. The fourth-order valence-electron chi connectivity index (χ4n) is 2.70. The van der Waals surface area contributed by atoms with Gasteiger partial charge in [-0.05, 0) is 31.4 Å². The molecule has 2 aliphatic rings. The Labute approximate surface area is 92.4 Å².